The van der Waals surface area contributed by atoms with Crippen LogP contribution >= 0.6 is 0 Å². The molecule has 17 nitrogen and oxygen atoms in total. The van der Waals surface area contributed by atoms with E-state index in [2.05, 4.69) is 74.2 Å². The summed E-state index contributed by atoms with van der Waals surface area (Å²) in [5, 5.41) is 27.0. The number of nitriles is 1. The van der Waals surface area contributed by atoms with Crippen molar-refractivity contribution in [2.75, 3.05) is 19.6 Å². The number of aryl methyl sites for hydroxylation is 3. The molecule has 14 rings (SSSR count). The maximum absolute atomic E-state index is 12.8. The SMILES string of the molecule is C.C.C.C.C.C.CCC1CC(c2ccc(C#N)cc2)=NO1.CCC1CCCN1C(=O)c1ccc(F)cc1.CCC1CCCN1C(=O)c1ccccc1.CCCCc1noc2cc(F)ccc12.CCCCc1noc2ccccc12.CCCN1Cc2ccccc2C1=O.CCCn1nc2ccccn2c1=O. The Kier molecular flexibility index (Phi) is 41.0. The van der Waals surface area contributed by atoms with Gasteiger partial charge in [-0.1, -0.05) is 188 Å². The number of hydrogen-bond donors (Lipinski definition) is 0. The molecule has 4 aliphatic heterocycles. The summed E-state index contributed by atoms with van der Waals surface area (Å²) in [4.78, 5) is 58.7. The zero-order valence-electron chi connectivity index (χ0n) is 58.3. The topological polar surface area (TPSA) is 198 Å². The van der Waals surface area contributed by atoms with Gasteiger partial charge in [-0.25, -0.2) is 18.3 Å². The largest absolute Gasteiger partial charge is 0.392 e. The van der Waals surface area contributed by atoms with Crippen molar-refractivity contribution >= 4 is 51.0 Å². The summed E-state index contributed by atoms with van der Waals surface area (Å²) in [5.41, 5.74) is 10.3. The van der Waals surface area contributed by atoms with Crippen molar-refractivity contribution in [1.82, 2.24) is 39.2 Å². The molecule has 0 bridgehead atoms. The molecule has 0 N–H and O–H groups in total. The van der Waals surface area contributed by atoms with Crippen molar-refractivity contribution in [2.24, 2.45) is 5.16 Å². The maximum Gasteiger partial charge on any atom is 0.350 e. The molecule has 0 spiro atoms. The summed E-state index contributed by atoms with van der Waals surface area (Å²) < 4.78 is 38.8. The van der Waals surface area contributed by atoms with E-state index in [9.17, 15) is 28.0 Å². The van der Waals surface area contributed by atoms with Gasteiger partial charge in [0.2, 0.25) is 0 Å². The normalized spacial score (nSPS) is 14.7. The lowest BCUT2D eigenvalue weighted by Crippen LogP contribution is -2.35. The minimum atomic E-state index is -0.301. The Hall–Kier alpha value is -10.1. The predicted octanol–water partition coefficient (Wildman–Crippen LogP) is 21.3. The minimum Gasteiger partial charge on any atom is -0.392 e. The molecule has 105 heavy (non-hydrogen) atoms. The molecule has 2 saturated heterocycles. The van der Waals surface area contributed by atoms with E-state index in [4.69, 9.17) is 19.1 Å². The van der Waals surface area contributed by atoms with Crippen molar-refractivity contribution in [3.05, 3.63) is 237 Å². The second-order valence-corrected chi connectivity index (χ2v) is 24.8. The molecule has 3 amide bonds. The monoisotopic (exact) mass is 1440 g/mol. The van der Waals surface area contributed by atoms with E-state index >= 15 is 0 Å². The van der Waals surface area contributed by atoms with Gasteiger partial charge in [0.1, 0.15) is 17.7 Å². The first-order chi connectivity index (χ1) is 48.3. The fourth-order valence-electron chi connectivity index (χ4n) is 12.2. The number of hydrogen-bond acceptors (Lipinski definition) is 12. The summed E-state index contributed by atoms with van der Waals surface area (Å²) >= 11 is 0. The highest BCUT2D eigenvalue weighted by atomic mass is 19.1. The van der Waals surface area contributed by atoms with Gasteiger partial charge in [-0.05, 0) is 186 Å². The number of aromatic nitrogens is 5. The molecule has 3 atom stereocenters. The van der Waals surface area contributed by atoms with Crippen molar-refractivity contribution in [2.45, 2.75) is 227 Å². The zero-order valence-corrected chi connectivity index (χ0v) is 58.3. The third-order valence-corrected chi connectivity index (χ3v) is 17.7. The minimum absolute atomic E-state index is 0. The third-order valence-electron chi connectivity index (χ3n) is 17.7. The van der Waals surface area contributed by atoms with E-state index in [0.29, 0.717) is 41.0 Å². The number of nitrogens with zero attached hydrogens (tertiary/aromatic N) is 10. The lowest BCUT2D eigenvalue weighted by Gasteiger charge is -2.23. The van der Waals surface area contributed by atoms with Crippen LogP contribution in [0.1, 0.15) is 242 Å². The number of rotatable bonds is 16. The van der Waals surface area contributed by atoms with Gasteiger partial charge in [-0.3, -0.25) is 18.8 Å². The highest BCUT2D eigenvalue weighted by Gasteiger charge is 2.30. The number of fused-ring (bicyclic) bond motifs is 4. The van der Waals surface area contributed by atoms with E-state index < -0.39 is 0 Å². The van der Waals surface area contributed by atoms with Gasteiger partial charge in [0.15, 0.2) is 16.8 Å². The Morgan fingerprint density at radius 3 is 1.67 bits per heavy atom. The maximum atomic E-state index is 12.8. The molecule has 8 heterocycles. The lowest BCUT2D eigenvalue weighted by atomic mass is 10.0. The summed E-state index contributed by atoms with van der Waals surface area (Å²) in [6.07, 6.45) is 18.8. The molecule has 4 aliphatic rings. The van der Waals surface area contributed by atoms with Gasteiger partial charge in [-0.15, -0.1) is 5.10 Å². The highest BCUT2D eigenvalue weighted by molar-refractivity contribution is 6.01. The number of oxime groups is 1. The molecule has 0 radical (unpaired) electrons. The van der Waals surface area contributed by atoms with Gasteiger partial charge >= 0.3 is 5.69 Å². The van der Waals surface area contributed by atoms with E-state index in [-0.39, 0.29) is 85.7 Å². The first kappa shape index (κ1) is 91.0. The van der Waals surface area contributed by atoms with E-state index in [1.165, 1.54) is 47.4 Å². The van der Waals surface area contributed by atoms with Crippen LogP contribution in [-0.4, -0.2) is 100 Å². The van der Waals surface area contributed by atoms with Gasteiger partial charge < -0.3 is 28.6 Å². The molecule has 19 heteroatoms. The molecule has 568 valence electrons. The van der Waals surface area contributed by atoms with Crippen LogP contribution in [0.5, 0.6) is 0 Å². The van der Waals surface area contributed by atoms with Crippen LogP contribution in [0.25, 0.3) is 27.6 Å². The number of likely N-dealkylation sites (tertiary alicyclic amines) is 2. The summed E-state index contributed by atoms with van der Waals surface area (Å²) in [6, 6.07) is 51.6. The Labute approximate surface area is 624 Å². The summed E-state index contributed by atoms with van der Waals surface area (Å²) in [6.45, 7) is 18.9. The molecule has 0 aliphatic carbocycles. The number of carbonyl (C=O) groups is 3. The molecular weight excluding hydrogens is 1320 g/mol. The molecule has 2 fully saturated rings. The predicted molar refractivity (Wildman–Crippen MR) is 426 cm³/mol. The molecule has 10 aromatic rings. The molecule has 3 unspecified atom stereocenters. The van der Waals surface area contributed by atoms with Crippen LogP contribution in [0, 0.1) is 23.0 Å². The van der Waals surface area contributed by atoms with Gasteiger partial charge in [0.25, 0.3) is 17.7 Å². The van der Waals surface area contributed by atoms with Crippen molar-refractivity contribution in [3.63, 3.8) is 0 Å². The number of halogens is 2. The number of pyridine rings is 1. The Morgan fingerprint density at radius 2 is 1.11 bits per heavy atom. The Balaban J connectivity index is 0.000000413. The number of carbonyl (C=O) groups excluding carboxylic acids is 3. The average molecular weight is 1440 g/mol. The van der Waals surface area contributed by atoms with E-state index in [1.807, 2.05) is 125 Å². The van der Waals surface area contributed by atoms with Crippen LogP contribution in [0.4, 0.5) is 8.78 Å². The number of unbranched alkanes of at least 4 members (excludes halogenated alkanes) is 2. The third kappa shape index (κ3) is 25.3. The summed E-state index contributed by atoms with van der Waals surface area (Å²) in [5.74, 6) is -0.164. The zero-order chi connectivity index (χ0) is 70.5. The number of para-hydroxylation sites is 1. The van der Waals surface area contributed by atoms with Gasteiger partial charge in [0, 0.05) is 91.0 Å². The van der Waals surface area contributed by atoms with Crippen LogP contribution in [-0.2, 0) is 30.8 Å². The Morgan fingerprint density at radius 1 is 0.571 bits per heavy atom. The van der Waals surface area contributed by atoms with Crippen LogP contribution < -0.4 is 5.69 Å². The van der Waals surface area contributed by atoms with Crippen LogP contribution in [0.15, 0.2) is 189 Å². The summed E-state index contributed by atoms with van der Waals surface area (Å²) in [7, 11) is 0. The first-order valence-electron chi connectivity index (χ1n) is 35.2. The highest BCUT2D eigenvalue weighted by Crippen LogP contribution is 2.27. The molecule has 4 aromatic heterocycles. The average Bonchev–Trinajstić information content (AvgIpc) is 1.68. The Bertz CT molecular complexity index is 4290. The van der Waals surface area contributed by atoms with E-state index in [1.54, 1.807) is 40.9 Å². The molecular formula is C86H118F2N10O7. The smallest absolute Gasteiger partial charge is 0.350 e. The van der Waals surface area contributed by atoms with Crippen molar-refractivity contribution < 1.29 is 37.0 Å². The van der Waals surface area contributed by atoms with Crippen molar-refractivity contribution in [3.8, 4) is 6.07 Å². The van der Waals surface area contributed by atoms with Gasteiger partial charge in [-0.2, -0.15) is 5.26 Å². The number of benzene rings is 6. The lowest BCUT2D eigenvalue weighted by molar-refractivity contribution is 0.0726. The van der Waals surface area contributed by atoms with Crippen LogP contribution in [0.2, 0.25) is 0 Å². The standard InChI is InChI=1S/C13H16FNO.C13H17NO.C12H12N2O.C11H12FNO.2C11H13NO.C9H11N3O.6CH4/c1-2-12-4-3-9-15(12)13(16)10-5-7-11(14)8-6-10;1-2-12-9-6-10-14(12)13(15)11-7-4-3-5-8-11;1-2-11-7-12(14-15-11)10-5-3-9(8-13)4-6-10;1-2-3-4-10-9-6-5-8(12)7-11(9)14-13-10;1-2-7-12-8-9-5-3-4-6-10(9)11(12)13;1-2-3-7-10-9-6-4-5-8-11(9)13-12-10;1-2-6-12-9(13)11-7-4-3-5-8(11)10-12;;;;;;/h5-8,12H,2-4,9H2,1H3;3-5,7-8,12H,2,6,9-10H2,1H3;3-6,11H,2,7H2,1H3;5-7H,2-4H2,1H3;3-6H,2,7-8H2,1H3;4-6,8H,2-3,7H2,1H3;3-5,7H,2,6H2,1H3;6*1H4. The fraction of sp³-hybridized carbons (Fsp3) is 0.430. The number of amides is 3. The quantitative estimate of drug-likeness (QED) is 0.0892. The molecule has 0 saturated carbocycles. The van der Waals surface area contributed by atoms with Crippen LogP contribution in [0.3, 0.4) is 0 Å². The second-order valence-electron chi connectivity index (χ2n) is 24.8. The molecule has 6 aromatic carbocycles. The van der Waals surface area contributed by atoms with E-state index in [0.717, 1.165) is 166 Å². The van der Waals surface area contributed by atoms with Gasteiger partial charge in [0.05, 0.1) is 28.7 Å². The van der Waals surface area contributed by atoms with Crippen molar-refractivity contribution in [1.29, 1.82) is 5.26 Å². The fourth-order valence-corrected chi connectivity index (χ4v) is 12.2. The second kappa shape index (κ2) is 47.3. The first-order valence-corrected chi connectivity index (χ1v) is 35.2.